The van der Waals surface area contributed by atoms with Gasteiger partial charge in [-0.3, -0.25) is 0 Å². The maximum absolute atomic E-state index is 5.72. The lowest BCUT2D eigenvalue weighted by molar-refractivity contribution is 0.589. The third-order valence-corrected chi connectivity index (χ3v) is 2.18. The first-order chi connectivity index (χ1) is 6.38. The van der Waals surface area contributed by atoms with Crippen molar-refractivity contribution in [1.82, 2.24) is 15.5 Å². The Bertz CT molecular complexity index is 282. The monoisotopic (exact) mass is 179 g/mol. The predicted molar refractivity (Wildman–Crippen MR) is 51.5 cm³/mol. The van der Waals surface area contributed by atoms with Gasteiger partial charge in [-0.15, -0.1) is 5.10 Å². The average molecular weight is 179 g/mol. The average Bonchev–Trinajstić information content (AvgIpc) is 2.20. The molecule has 5 nitrogen and oxygen atoms in total. The van der Waals surface area contributed by atoms with Crippen LogP contribution in [0, 0.1) is 0 Å². The Labute approximate surface area is 76.9 Å². The van der Waals surface area contributed by atoms with Crippen molar-refractivity contribution in [3.05, 3.63) is 12.3 Å². The molecule has 13 heavy (non-hydrogen) atoms. The minimum absolute atomic E-state index is 0.518. The fourth-order valence-electron chi connectivity index (χ4n) is 1.51. The molecular weight excluding hydrogens is 166 g/mol. The molecule has 0 atom stereocenters. The highest BCUT2D eigenvalue weighted by Gasteiger charge is 2.12. The number of nitrogens with two attached hydrogens (primary N) is 1. The van der Waals surface area contributed by atoms with Gasteiger partial charge >= 0.3 is 0 Å². The number of rotatable bonds is 1. The first-order valence-corrected chi connectivity index (χ1v) is 4.41. The number of nitrogens with one attached hydrogen (secondary N) is 1. The van der Waals surface area contributed by atoms with Gasteiger partial charge in [0, 0.05) is 26.2 Å². The number of hydrogen-bond donors (Lipinski definition) is 2. The lowest BCUT2D eigenvalue weighted by Gasteiger charge is -2.29. The fraction of sp³-hybridized carbons (Fsp3) is 0.500. The molecule has 2 rings (SSSR count). The SMILES string of the molecule is Nc1nnccc1N1CCNCC1. The second-order valence-corrected chi connectivity index (χ2v) is 3.04. The summed E-state index contributed by atoms with van der Waals surface area (Å²) < 4.78 is 0. The molecule has 0 aliphatic carbocycles. The number of aromatic nitrogens is 2. The summed E-state index contributed by atoms with van der Waals surface area (Å²) in [7, 11) is 0. The maximum Gasteiger partial charge on any atom is 0.169 e. The summed E-state index contributed by atoms with van der Waals surface area (Å²) in [5, 5.41) is 10.8. The minimum Gasteiger partial charge on any atom is -0.380 e. The summed E-state index contributed by atoms with van der Waals surface area (Å²) in [4.78, 5) is 2.22. The number of hydrogen-bond acceptors (Lipinski definition) is 5. The van der Waals surface area contributed by atoms with Crippen LogP contribution in [0.25, 0.3) is 0 Å². The van der Waals surface area contributed by atoms with Gasteiger partial charge in [0.05, 0.1) is 11.9 Å². The molecule has 3 N–H and O–H groups in total. The summed E-state index contributed by atoms with van der Waals surface area (Å²) >= 11 is 0. The van der Waals surface area contributed by atoms with Crippen LogP contribution in [0.4, 0.5) is 11.5 Å². The van der Waals surface area contributed by atoms with E-state index in [-0.39, 0.29) is 0 Å². The van der Waals surface area contributed by atoms with E-state index in [1.54, 1.807) is 6.20 Å². The zero-order chi connectivity index (χ0) is 9.10. The maximum atomic E-state index is 5.72. The number of piperazine rings is 1. The smallest absolute Gasteiger partial charge is 0.169 e. The molecule has 0 spiro atoms. The molecule has 1 aromatic heterocycles. The summed E-state index contributed by atoms with van der Waals surface area (Å²) in [5.41, 5.74) is 6.71. The summed E-state index contributed by atoms with van der Waals surface area (Å²) in [6, 6.07) is 1.91. The molecule has 0 unspecified atom stereocenters. The van der Waals surface area contributed by atoms with Gasteiger partial charge in [-0.1, -0.05) is 0 Å². The topological polar surface area (TPSA) is 67.1 Å². The molecule has 5 heteroatoms. The summed E-state index contributed by atoms with van der Waals surface area (Å²) in [6.45, 7) is 3.97. The highest BCUT2D eigenvalue weighted by atomic mass is 15.2. The highest BCUT2D eigenvalue weighted by Crippen LogP contribution is 2.18. The Morgan fingerprint density at radius 1 is 1.38 bits per heavy atom. The number of anilines is 2. The molecule has 2 heterocycles. The predicted octanol–water partition coefficient (Wildman–Crippen LogP) is -0.532. The molecule has 0 radical (unpaired) electrons. The van der Waals surface area contributed by atoms with Gasteiger partial charge in [0.25, 0.3) is 0 Å². The molecule has 0 bridgehead atoms. The first kappa shape index (κ1) is 8.25. The minimum atomic E-state index is 0.518. The van der Waals surface area contributed by atoms with Crippen molar-refractivity contribution in [2.24, 2.45) is 0 Å². The molecule has 0 aromatic carbocycles. The van der Waals surface area contributed by atoms with Crippen molar-refractivity contribution < 1.29 is 0 Å². The molecule has 1 fully saturated rings. The van der Waals surface area contributed by atoms with Crippen molar-refractivity contribution >= 4 is 11.5 Å². The van der Waals surface area contributed by atoms with E-state index in [9.17, 15) is 0 Å². The third kappa shape index (κ3) is 1.70. The van der Waals surface area contributed by atoms with Crippen LogP contribution >= 0.6 is 0 Å². The Morgan fingerprint density at radius 3 is 2.85 bits per heavy atom. The third-order valence-electron chi connectivity index (χ3n) is 2.18. The normalized spacial score (nSPS) is 17.4. The Morgan fingerprint density at radius 2 is 2.15 bits per heavy atom. The molecule has 1 aliphatic rings. The van der Waals surface area contributed by atoms with Crippen LogP contribution in [0.5, 0.6) is 0 Å². The van der Waals surface area contributed by atoms with Crippen LogP contribution in [-0.2, 0) is 0 Å². The molecule has 0 saturated carbocycles. The molecule has 70 valence electrons. The quantitative estimate of drug-likeness (QED) is 0.606. The molecule has 1 aromatic rings. The highest BCUT2D eigenvalue weighted by molar-refractivity contribution is 5.62. The van der Waals surface area contributed by atoms with Crippen molar-refractivity contribution in [2.45, 2.75) is 0 Å². The van der Waals surface area contributed by atoms with Crippen LogP contribution in [0.3, 0.4) is 0 Å². The lowest BCUT2D eigenvalue weighted by Crippen LogP contribution is -2.43. The standard InChI is InChI=1S/C8H13N5/c9-8-7(1-2-11-12-8)13-5-3-10-4-6-13/h1-2,10H,3-6H2,(H2,9,12). The van der Waals surface area contributed by atoms with Crippen LogP contribution < -0.4 is 16.0 Å². The van der Waals surface area contributed by atoms with Gasteiger partial charge in [0.2, 0.25) is 0 Å². The molecule has 1 aliphatic heterocycles. The van der Waals surface area contributed by atoms with Crippen molar-refractivity contribution in [2.75, 3.05) is 36.8 Å². The van der Waals surface area contributed by atoms with E-state index < -0.39 is 0 Å². The summed E-state index contributed by atoms with van der Waals surface area (Å²) in [5.74, 6) is 0.518. The first-order valence-electron chi connectivity index (χ1n) is 4.41. The largest absolute Gasteiger partial charge is 0.380 e. The van der Waals surface area contributed by atoms with Gasteiger partial charge in [-0.05, 0) is 6.07 Å². The Kier molecular flexibility index (Phi) is 2.27. The fourth-order valence-corrected chi connectivity index (χ4v) is 1.51. The Hall–Kier alpha value is -1.36. The van der Waals surface area contributed by atoms with Crippen molar-refractivity contribution in [1.29, 1.82) is 0 Å². The van der Waals surface area contributed by atoms with Crippen molar-refractivity contribution in [3.8, 4) is 0 Å². The Balaban J connectivity index is 2.18. The van der Waals surface area contributed by atoms with E-state index in [0.29, 0.717) is 5.82 Å². The van der Waals surface area contributed by atoms with E-state index in [2.05, 4.69) is 20.4 Å². The van der Waals surface area contributed by atoms with Gasteiger partial charge < -0.3 is 16.0 Å². The van der Waals surface area contributed by atoms with E-state index in [4.69, 9.17) is 5.73 Å². The van der Waals surface area contributed by atoms with Crippen LogP contribution in [0.15, 0.2) is 12.3 Å². The van der Waals surface area contributed by atoms with Gasteiger partial charge in [0.15, 0.2) is 5.82 Å². The van der Waals surface area contributed by atoms with Crippen LogP contribution in [-0.4, -0.2) is 36.4 Å². The van der Waals surface area contributed by atoms with Gasteiger partial charge in [-0.25, -0.2) is 0 Å². The van der Waals surface area contributed by atoms with Crippen LogP contribution in [0.1, 0.15) is 0 Å². The van der Waals surface area contributed by atoms with Crippen LogP contribution in [0.2, 0.25) is 0 Å². The van der Waals surface area contributed by atoms with E-state index >= 15 is 0 Å². The number of nitrogens with zero attached hydrogens (tertiary/aromatic N) is 3. The molecular formula is C8H13N5. The van der Waals surface area contributed by atoms with Crippen molar-refractivity contribution in [3.63, 3.8) is 0 Å². The zero-order valence-corrected chi connectivity index (χ0v) is 7.40. The van der Waals surface area contributed by atoms with E-state index in [1.807, 2.05) is 6.07 Å². The van der Waals surface area contributed by atoms with E-state index in [0.717, 1.165) is 31.9 Å². The molecule has 1 saturated heterocycles. The number of nitrogen functional groups attached to an aromatic ring is 1. The second kappa shape index (κ2) is 3.57. The van der Waals surface area contributed by atoms with Gasteiger partial charge in [-0.2, -0.15) is 5.10 Å². The summed E-state index contributed by atoms with van der Waals surface area (Å²) in [6.07, 6.45) is 1.67. The van der Waals surface area contributed by atoms with E-state index in [1.165, 1.54) is 0 Å². The molecule has 0 amide bonds. The zero-order valence-electron chi connectivity index (χ0n) is 7.40. The van der Waals surface area contributed by atoms with Gasteiger partial charge in [0.1, 0.15) is 0 Å². The lowest BCUT2D eigenvalue weighted by atomic mass is 10.3. The second-order valence-electron chi connectivity index (χ2n) is 3.04.